The SMILES string of the molecule is CCC(C)(C)C(=O)OCCC[Si](O[Si](O[Si](C)(C)C)(C(F)(F)F)C(F)(F)F)(C(F)(F)F)C(F)(F)F. The molecule has 0 rings (SSSR count). The first kappa shape index (κ1) is 34.2. The number of carbonyl (C=O) groups excluding carboxylic acids is 1. The van der Waals surface area contributed by atoms with Crippen LogP contribution in [-0.2, 0) is 17.8 Å². The molecule has 4 nitrogen and oxygen atoms in total. The standard InChI is InChI=1S/C16H26F12O4Si3/c1-7-12(2,3)11(29)30-9-8-10-34(13(17,18)19,14(20,21)22)32-35(15(23,24)25,16(26,27)28)31-33(4,5)6/h7-10H2,1-6H3. The van der Waals surface area contributed by atoms with Gasteiger partial charge in [0.2, 0.25) is 0 Å². The molecule has 0 spiro atoms. The van der Waals surface area contributed by atoms with E-state index in [0.717, 1.165) is 19.6 Å². The first-order valence-electron chi connectivity index (χ1n) is 9.95. The van der Waals surface area contributed by atoms with Crippen molar-refractivity contribution >= 4 is 31.2 Å². The minimum Gasteiger partial charge on any atom is -0.465 e. The first-order chi connectivity index (χ1) is 15.1. The van der Waals surface area contributed by atoms with E-state index in [0.29, 0.717) is 0 Å². The Bertz CT molecular complexity index is 696. The van der Waals surface area contributed by atoms with Crippen molar-refractivity contribution in [3.05, 3.63) is 0 Å². The third-order valence-electron chi connectivity index (χ3n) is 4.77. The van der Waals surface area contributed by atoms with Crippen LogP contribution in [0.15, 0.2) is 0 Å². The van der Waals surface area contributed by atoms with E-state index < -0.39 is 78.9 Å². The molecule has 0 radical (unpaired) electrons. The lowest BCUT2D eigenvalue weighted by Crippen LogP contribution is -2.78. The summed E-state index contributed by atoms with van der Waals surface area (Å²) in [5.74, 6) is -27.8. The smallest absolute Gasteiger partial charge is 0.465 e. The molecule has 0 aromatic heterocycles. The van der Waals surface area contributed by atoms with Crippen LogP contribution >= 0.6 is 0 Å². The Morgan fingerprint density at radius 3 is 1.40 bits per heavy atom. The van der Waals surface area contributed by atoms with Crippen LogP contribution < -0.4 is 0 Å². The molecule has 0 aliphatic carbocycles. The molecular formula is C16H26F12O4Si3. The summed E-state index contributed by atoms with van der Waals surface area (Å²) in [5.41, 5.74) is -1.18. The van der Waals surface area contributed by atoms with Gasteiger partial charge in [-0.15, -0.1) is 0 Å². The van der Waals surface area contributed by atoms with Gasteiger partial charge in [-0.2, -0.15) is 52.7 Å². The van der Waals surface area contributed by atoms with Crippen LogP contribution in [0.2, 0.25) is 25.7 Å². The van der Waals surface area contributed by atoms with Crippen LogP contribution in [-0.4, -0.2) is 61.0 Å². The third kappa shape index (κ3) is 7.84. The van der Waals surface area contributed by atoms with Crippen molar-refractivity contribution in [1.82, 2.24) is 0 Å². The van der Waals surface area contributed by atoms with Crippen LogP contribution in [0.5, 0.6) is 0 Å². The number of hydrogen-bond donors (Lipinski definition) is 0. The molecule has 0 saturated heterocycles. The van der Waals surface area contributed by atoms with Crippen molar-refractivity contribution in [2.24, 2.45) is 5.41 Å². The van der Waals surface area contributed by atoms with Gasteiger partial charge in [-0.25, -0.2) is 0 Å². The fourth-order valence-corrected chi connectivity index (χ4v) is 13.5. The second-order valence-electron chi connectivity index (χ2n) is 9.23. The Kier molecular flexibility index (Phi) is 10.3. The molecule has 35 heavy (non-hydrogen) atoms. The van der Waals surface area contributed by atoms with Crippen molar-refractivity contribution in [3.63, 3.8) is 0 Å². The molecule has 0 amide bonds. The summed E-state index contributed by atoms with van der Waals surface area (Å²) in [4.78, 5) is 11.9. The van der Waals surface area contributed by atoms with Crippen LogP contribution in [0.25, 0.3) is 0 Å². The molecule has 0 aliphatic rings. The topological polar surface area (TPSA) is 44.8 Å². The highest BCUT2D eigenvalue weighted by Crippen LogP contribution is 2.53. The van der Waals surface area contributed by atoms with Crippen molar-refractivity contribution < 1.29 is 70.4 Å². The molecule has 0 fully saturated rings. The van der Waals surface area contributed by atoms with E-state index in [1.807, 2.05) is 0 Å². The van der Waals surface area contributed by atoms with Crippen molar-refractivity contribution in [2.45, 2.75) is 82.5 Å². The van der Waals surface area contributed by atoms with Gasteiger partial charge in [0, 0.05) is 0 Å². The molecule has 0 unspecified atom stereocenters. The normalized spacial score (nSPS) is 15.4. The molecule has 210 valence electrons. The van der Waals surface area contributed by atoms with E-state index >= 15 is 0 Å². The summed E-state index contributed by atoms with van der Waals surface area (Å²) in [6.45, 7) is 5.30. The number of carbonyl (C=O) groups is 1. The zero-order valence-corrected chi connectivity index (χ0v) is 22.5. The van der Waals surface area contributed by atoms with Crippen molar-refractivity contribution in [3.8, 4) is 0 Å². The quantitative estimate of drug-likeness (QED) is 0.118. The van der Waals surface area contributed by atoms with E-state index in [1.54, 1.807) is 0 Å². The maximum atomic E-state index is 13.8. The predicted molar refractivity (Wildman–Crippen MR) is 106 cm³/mol. The second kappa shape index (κ2) is 10.5. The largest absolute Gasteiger partial charge is 0.554 e. The zero-order chi connectivity index (χ0) is 28.5. The Hall–Kier alpha value is -0.799. The van der Waals surface area contributed by atoms with Gasteiger partial charge in [0.15, 0.2) is 8.32 Å². The number of halogens is 12. The van der Waals surface area contributed by atoms with E-state index in [4.69, 9.17) is 0 Å². The Balaban J connectivity index is 6.66. The van der Waals surface area contributed by atoms with Gasteiger partial charge in [0.1, 0.15) is 0 Å². The molecule has 19 heteroatoms. The summed E-state index contributed by atoms with van der Waals surface area (Å²) in [7, 11) is -20.3. The predicted octanol–water partition coefficient (Wildman–Crippen LogP) is 7.02. The molecule has 0 atom stereocenters. The summed E-state index contributed by atoms with van der Waals surface area (Å²) in [6.07, 6.45) is -1.19. The summed E-state index contributed by atoms with van der Waals surface area (Å²) in [5, 5.41) is 0. The van der Waals surface area contributed by atoms with Gasteiger partial charge in [0.25, 0.3) is 0 Å². The van der Waals surface area contributed by atoms with E-state index in [9.17, 15) is 57.5 Å². The fraction of sp³-hybridized carbons (Fsp3) is 0.938. The van der Waals surface area contributed by atoms with Crippen LogP contribution in [0.3, 0.4) is 0 Å². The number of ether oxygens (including phenoxy) is 1. The second-order valence-corrected chi connectivity index (χ2v) is 20.7. The molecule has 0 N–H and O–H groups in total. The number of esters is 1. The minimum atomic E-state index is -8.23. The van der Waals surface area contributed by atoms with Gasteiger partial charge in [-0.3, -0.25) is 4.79 Å². The first-order valence-corrected chi connectivity index (χ1v) is 17.3. The molecule has 0 saturated carbocycles. The average Bonchev–Trinajstić information content (AvgIpc) is 2.57. The zero-order valence-electron chi connectivity index (χ0n) is 19.5. The molecule has 0 aromatic carbocycles. The van der Waals surface area contributed by atoms with E-state index in [2.05, 4.69) is 13.0 Å². The van der Waals surface area contributed by atoms with Crippen LogP contribution in [0.1, 0.15) is 33.6 Å². The lowest BCUT2D eigenvalue weighted by molar-refractivity contribution is -0.168. The van der Waals surface area contributed by atoms with Gasteiger partial charge in [-0.05, 0) is 52.4 Å². The lowest BCUT2D eigenvalue weighted by atomic mass is 9.91. The van der Waals surface area contributed by atoms with E-state index in [-0.39, 0.29) is 6.42 Å². The Labute approximate surface area is 196 Å². The number of hydrogen-bond acceptors (Lipinski definition) is 4. The van der Waals surface area contributed by atoms with Gasteiger partial charge in [0.05, 0.1) is 12.0 Å². The van der Waals surface area contributed by atoms with E-state index in [1.165, 1.54) is 20.8 Å². The Morgan fingerprint density at radius 2 is 1.11 bits per heavy atom. The number of alkyl halides is 12. The van der Waals surface area contributed by atoms with Crippen LogP contribution in [0.4, 0.5) is 52.7 Å². The maximum Gasteiger partial charge on any atom is 0.554 e. The Morgan fingerprint density at radius 1 is 0.714 bits per heavy atom. The van der Waals surface area contributed by atoms with Crippen LogP contribution in [0, 0.1) is 5.41 Å². The fourth-order valence-electron chi connectivity index (χ4n) is 2.53. The highest BCUT2D eigenvalue weighted by molar-refractivity contribution is 6.92. The highest BCUT2D eigenvalue weighted by atomic mass is 28.5. The van der Waals surface area contributed by atoms with Crippen molar-refractivity contribution in [1.29, 1.82) is 0 Å². The molecule has 0 bridgehead atoms. The molecule has 0 aromatic rings. The molecule has 0 heterocycles. The monoisotopic (exact) mass is 594 g/mol. The van der Waals surface area contributed by atoms with Gasteiger partial charge >= 0.3 is 46.0 Å². The summed E-state index contributed by atoms with van der Waals surface area (Å²) < 4.78 is 177. The highest BCUT2D eigenvalue weighted by Gasteiger charge is 2.88. The number of rotatable bonds is 10. The maximum absolute atomic E-state index is 13.8. The third-order valence-corrected chi connectivity index (χ3v) is 15.3. The molecular weight excluding hydrogens is 568 g/mol. The van der Waals surface area contributed by atoms with Gasteiger partial charge in [-0.1, -0.05) is 6.92 Å². The van der Waals surface area contributed by atoms with Crippen molar-refractivity contribution in [2.75, 3.05) is 6.61 Å². The lowest BCUT2D eigenvalue weighted by Gasteiger charge is -2.44. The summed E-state index contributed by atoms with van der Waals surface area (Å²) >= 11 is 0. The average molecular weight is 595 g/mol. The molecule has 0 aliphatic heterocycles. The van der Waals surface area contributed by atoms with Gasteiger partial charge < -0.3 is 13.0 Å². The minimum absolute atomic E-state index is 0.165. The summed E-state index contributed by atoms with van der Waals surface area (Å²) in [6, 6.07) is -2.31.